The van der Waals surface area contributed by atoms with E-state index in [1.54, 1.807) is 17.4 Å². The van der Waals surface area contributed by atoms with Gasteiger partial charge in [0.1, 0.15) is 10.7 Å². The van der Waals surface area contributed by atoms with Crippen molar-refractivity contribution in [1.29, 1.82) is 0 Å². The second-order valence-corrected chi connectivity index (χ2v) is 10.2. The maximum atomic E-state index is 12.8. The molecule has 0 unspecified atom stereocenters. The Morgan fingerprint density at radius 3 is 2.81 bits per heavy atom. The molecular formula is C20H15ClN6OS3. The molecule has 4 aromatic heterocycles. The Labute approximate surface area is 193 Å². The van der Waals surface area contributed by atoms with E-state index in [2.05, 4.69) is 26.2 Å². The van der Waals surface area contributed by atoms with Crippen LogP contribution in [-0.2, 0) is 5.75 Å². The van der Waals surface area contributed by atoms with E-state index in [0.717, 1.165) is 10.4 Å². The first kappa shape index (κ1) is 20.3. The second kappa shape index (κ2) is 8.12. The molecular weight excluding hydrogens is 472 g/mol. The van der Waals surface area contributed by atoms with Crippen molar-refractivity contribution in [3.8, 4) is 21.8 Å². The lowest BCUT2D eigenvalue weighted by Crippen LogP contribution is -2.13. The molecule has 31 heavy (non-hydrogen) atoms. The number of nitrogens with zero attached hydrogens (tertiary/aromatic N) is 4. The molecule has 0 bridgehead atoms. The van der Waals surface area contributed by atoms with Gasteiger partial charge >= 0.3 is 0 Å². The Kier molecular flexibility index (Phi) is 5.30. The molecule has 7 nitrogen and oxygen atoms in total. The summed E-state index contributed by atoms with van der Waals surface area (Å²) in [5.41, 5.74) is 1.49. The van der Waals surface area contributed by atoms with Gasteiger partial charge in [0.05, 0.1) is 16.2 Å². The topological polar surface area (TPSA) is 102 Å². The number of thioether (sulfide) groups is 1. The molecule has 0 saturated carbocycles. The van der Waals surface area contributed by atoms with Gasteiger partial charge < -0.3 is 10.8 Å². The van der Waals surface area contributed by atoms with Crippen LogP contribution in [0.4, 0.5) is 0 Å². The third-order valence-corrected chi connectivity index (χ3v) is 7.81. The number of rotatable bonds is 5. The summed E-state index contributed by atoms with van der Waals surface area (Å²) in [5.74, 6) is 7.61. The van der Waals surface area contributed by atoms with Crippen molar-refractivity contribution in [3.63, 3.8) is 0 Å². The molecule has 0 saturated heterocycles. The molecule has 11 heteroatoms. The van der Waals surface area contributed by atoms with E-state index in [-0.39, 0.29) is 5.56 Å². The van der Waals surface area contributed by atoms with Gasteiger partial charge in [-0.1, -0.05) is 35.5 Å². The summed E-state index contributed by atoms with van der Waals surface area (Å²) in [4.78, 5) is 23.3. The van der Waals surface area contributed by atoms with E-state index in [1.165, 1.54) is 32.7 Å². The number of aryl methyl sites for hydroxylation is 1. The predicted octanol–water partition coefficient (Wildman–Crippen LogP) is 4.94. The number of nitrogens with one attached hydrogen (secondary N) is 1. The molecule has 156 valence electrons. The molecule has 0 radical (unpaired) electrons. The molecule has 3 N–H and O–H groups in total. The molecule has 0 fully saturated rings. The van der Waals surface area contributed by atoms with Crippen molar-refractivity contribution in [2.75, 3.05) is 5.84 Å². The van der Waals surface area contributed by atoms with Gasteiger partial charge in [-0.25, -0.2) is 9.66 Å². The van der Waals surface area contributed by atoms with Crippen molar-refractivity contribution in [1.82, 2.24) is 24.8 Å². The highest BCUT2D eigenvalue weighted by atomic mass is 35.5. The predicted molar refractivity (Wildman–Crippen MR) is 128 cm³/mol. The monoisotopic (exact) mass is 486 g/mol. The first-order chi connectivity index (χ1) is 15.0. The zero-order valence-corrected chi connectivity index (χ0v) is 19.3. The van der Waals surface area contributed by atoms with Crippen molar-refractivity contribution >= 4 is 56.3 Å². The summed E-state index contributed by atoms with van der Waals surface area (Å²) in [7, 11) is 0. The molecule has 0 aliphatic heterocycles. The molecule has 0 aliphatic rings. The SMILES string of the molecule is Cc1ccc(-c2csc3nc(CSc4nnc(-c5ccccc5Cl)n4N)[nH]c(=O)c23)s1. The fraction of sp³-hybridized carbons (Fsp3) is 0.100. The molecule has 0 atom stereocenters. The zero-order valence-electron chi connectivity index (χ0n) is 16.1. The third kappa shape index (κ3) is 3.76. The van der Waals surface area contributed by atoms with E-state index < -0.39 is 0 Å². The average Bonchev–Trinajstić information content (AvgIpc) is 3.46. The van der Waals surface area contributed by atoms with E-state index in [1.807, 2.05) is 36.6 Å². The summed E-state index contributed by atoms with van der Waals surface area (Å²) in [6.07, 6.45) is 0. The average molecular weight is 487 g/mol. The van der Waals surface area contributed by atoms with Gasteiger partial charge in [-0.3, -0.25) is 4.79 Å². The first-order valence-corrected chi connectivity index (χ1v) is 12.2. The largest absolute Gasteiger partial charge is 0.335 e. The van der Waals surface area contributed by atoms with Crippen LogP contribution in [0.25, 0.3) is 32.0 Å². The second-order valence-electron chi connectivity index (χ2n) is 6.70. The standard InChI is InChI=1S/C20H15ClN6OS3/c1-10-6-7-14(31-10)12-8-29-19-16(12)18(28)23-15(24-19)9-30-20-26-25-17(27(20)22)11-4-2-3-5-13(11)21/h2-8H,9,22H2,1H3,(H,23,24,28). The summed E-state index contributed by atoms with van der Waals surface area (Å²) >= 11 is 10.7. The lowest BCUT2D eigenvalue weighted by atomic mass is 10.2. The highest BCUT2D eigenvalue weighted by molar-refractivity contribution is 7.98. The van der Waals surface area contributed by atoms with Crippen LogP contribution in [0.5, 0.6) is 0 Å². The Bertz CT molecular complexity index is 1470. The van der Waals surface area contributed by atoms with Crippen LogP contribution in [0.1, 0.15) is 10.7 Å². The number of hydrogen-bond donors (Lipinski definition) is 2. The van der Waals surface area contributed by atoms with Crippen LogP contribution < -0.4 is 11.4 Å². The van der Waals surface area contributed by atoms with Crippen LogP contribution >= 0.6 is 46.0 Å². The molecule has 1 aromatic carbocycles. The first-order valence-electron chi connectivity index (χ1n) is 9.16. The minimum Gasteiger partial charge on any atom is -0.335 e. The Balaban J connectivity index is 1.41. The molecule has 5 rings (SSSR count). The Morgan fingerprint density at radius 2 is 2.03 bits per heavy atom. The molecule has 4 heterocycles. The molecule has 0 amide bonds. The quantitative estimate of drug-likeness (QED) is 0.269. The Morgan fingerprint density at radius 1 is 1.19 bits per heavy atom. The van der Waals surface area contributed by atoms with Crippen LogP contribution in [0.2, 0.25) is 5.02 Å². The van der Waals surface area contributed by atoms with Crippen molar-refractivity contribution in [2.24, 2.45) is 0 Å². The fourth-order valence-corrected chi connectivity index (χ4v) is 6.03. The van der Waals surface area contributed by atoms with Crippen LogP contribution in [0.3, 0.4) is 0 Å². The van der Waals surface area contributed by atoms with Crippen molar-refractivity contribution < 1.29 is 0 Å². The highest BCUT2D eigenvalue weighted by Gasteiger charge is 2.17. The minimum absolute atomic E-state index is 0.145. The van der Waals surface area contributed by atoms with E-state index in [4.69, 9.17) is 17.4 Å². The number of aromatic nitrogens is 5. The number of hydrogen-bond acceptors (Lipinski definition) is 8. The van der Waals surface area contributed by atoms with Gasteiger partial charge in [0.25, 0.3) is 5.56 Å². The zero-order chi connectivity index (χ0) is 21.5. The lowest BCUT2D eigenvalue weighted by molar-refractivity contribution is 0.848. The lowest BCUT2D eigenvalue weighted by Gasteiger charge is -2.05. The number of fused-ring (bicyclic) bond motifs is 1. The number of nitrogen functional groups attached to an aromatic ring is 1. The normalized spacial score (nSPS) is 11.4. The summed E-state index contributed by atoms with van der Waals surface area (Å²) in [6, 6.07) is 11.4. The number of aromatic amines is 1. The van der Waals surface area contributed by atoms with Gasteiger partial charge in [-0.2, -0.15) is 0 Å². The maximum Gasteiger partial charge on any atom is 0.260 e. The summed E-state index contributed by atoms with van der Waals surface area (Å²) in [6.45, 7) is 2.05. The number of nitrogens with two attached hydrogens (primary N) is 1. The van der Waals surface area contributed by atoms with Crippen molar-refractivity contribution in [2.45, 2.75) is 17.8 Å². The van der Waals surface area contributed by atoms with E-state index >= 15 is 0 Å². The smallest absolute Gasteiger partial charge is 0.260 e. The molecule has 0 spiro atoms. The summed E-state index contributed by atoms with van der Waals surface area (Å²) in [5, 5.41) is 12.0. The molecule has 0 aliphatic carbocycles. The summed E-state index contributed by atoms with van der Waals surface area (Å²) < 4.78 is 1.39. The highest BCUT2D eigenvalue weighted by Crippen LogP contribution is 2.35. The number of benzene rings is 1. The fourth-order valence-electron chi connectivity index (χ4n) is 3.16. The van der Waals surface area contributed by atoms with Gasteiger partial charge in [0.2, 0.25) is 5.16 Å². The number of H-pyrrole nitrogens is 1. The minimum atomic E-state index is -0.145. The van der Waals surface area contributed by atoms with E-state index in [0.29, 0.717) is 43.4 Å². The Hall–Kier alpha value is -2.66. The van der Waals surface area contributed by atoms with Gasteiger partial charge in [0.15, 0.2) is 5.82 Å². The maximum absolute atomic E-state index is 12.8. The van der Waals surface area contributed by atoms with Crippen molar-refractivity contribution in [3.05, 3.63) is 67.9 Å². The molecule has 5 aromatic rings. The number of thiophene rings is 2. The van der Waals surface area contributed by atoms with Crippen LogP contribution in [0, 0.1) is 6.92 Å². The number of halogens is 1. The van der Waals surface area contributed by atoms with E-state index in [9.17, 15) is 4.79 Å². The van der Waals surface area contributed by atoms with Crippen LogP contribution in [-0.4, -0.2) is 24.8 Å². The van der Waals surface area contributed by atoms with Gasteiger partial charge in [-0.05, 0) is 31.2 Å². The van der Waals surface area contributed by atoms with Gasteiger partial charge in [-0.15, -0.1) is 32.9 Å². The van der Waals surface area contributed by atoms with Gasteiger partial charge in [0, 0.05) is 26.3 Å². The third-order valence-electron chi connectivity index (χ3n) is 4.62. The van der Waals surface area contributed by atoms with Crippen LogP contribution in [0.15, 0.2) is 51.7 Å².